The third-order valence-corrected chi connectivity index (χ3v) is 5.76. The monoisotopic (exact) mass is 361 g/mol. The van der Waals surface area contributed by atoms with Gasteiger partial charge in [-0.15, -0.1) is 0 Å². The van der Waals surface area contributed by atoms with Crippen LogP contribution in [-0.4, -0.2) is 60.6 Å². The third-order valence-electron chi connectivity index (χ3n) is 5.76. The summed E-state index contributed by atoms with van der Waals surface area (Å²) in [6.07, 6.45) is 5.28. The van der Waals surface area contributed by atoms with Crippen LogP contribution in [-0.2, 0) is 7.05 Å². The fraction of sp³-hybridized carbons (Fsp3) is 0.389. The molecule has 0 spiro atoms. The Labute approximate surface area is 154 Å². The molecule has 2 atom stereocenters. The number of H-pyrrole nitrogens is 1. The van der Waals surface area contributed by atoms with Crippen molar-refractivity contribution in [2.45, 2.75) is 0 Å². The van der Waals surface area contributed by atoms with E-state index in [0.29, 0.717) is 11.8 Å². The van der Waals surface area contributed by atoms with Crippen LogP contribution in [0.15, 0.2) is 24.9 Å². The number of aromatic amines is 1. The van der Waals surface area contributed by atoms with Gasteiger partial charge in [0.05, 0.1) is 12.7 Å². The molecular weight excluding hydrogens is 342 g/mol. The minimum atomic E-state index is 0.682. The summed E-state index contributed by atoms with van der Waals surface area (Å²) in [6, 6.07) is 2.02. The highest BCUT2D eigenvalue weighted by Gasteiger charge is 2.37. The zero-order chi connectivity index (χ0) is 18.0. The Morgan fingerprint density at radius 1 is 1.07 bits per heavy atom. The van der Waals surface area contributed by atoms with E-state index in [1.165, 1.54) is 0 Å². The molecular formula is C18H19N9. The van der Waals surface area contributed by atoms with Gasteiger partial charge in [-0.25, -0.2) is 19.9 Å². The SMILES string of the molecule is Cn1cnc2cc(-c3nc(N4CC5CNCC5C4)nc4[nH]cnc34)cnc21. The molecule has 2 aliphatic rings. The number of pyridine rings is 1. The lowest BCUT2D eigenvalue weighted by molar-refractivity contribution is 0.533. The van der Waals surface area contributed by atoms with Crippen molar-refractivity contribution in [1.29, 1.82) is 0 Å². The van der Waals surface area contributed by atoms with Gasteiger partial charge in [-0.1, -0.05) is 0 Å². The second-order valence-electron chi connectivity index (χ2n) is 7.48. The van der Waals surface area contributed by atoms with Crippen LogP contribution in [0.4, 0.5) is 5.95 Å². The van der Waals surface area contributed by atoms with E-state index < -0.39 is 0 Å². The van der Waals surface area contributed by atoms with Crippen molar-refractivity contribution >= 4 is 28.3 Å². The number of fused-ring (bicyclic) bond motifs is 3. The Hall–Kier alpha value is -3.07. The largest absolute Gasteiger partial charge is 0.340 e. The fourth-order valence-electron chi connectivity index (χ4n) is 4.33. The minimum absolute atomic E-state index is 0.682. The van der Waals surface area contributed by atoms with Crippen LogP contribution >= 0.6 is 0 Å². The molecule has 0 bridgehead atoms. The zero-order valence-corrected chi connectivity index (χ0v) is 14.9. The number of anilines is 1. The van der Waals surface area contributed by atoms with Crippen molar-refractivity contribution < 1.29 is 0 Å². The fourth-order valence-corrected chi connectivity index (χ4v) is 4.33. The predicted molar refractivity (Wildman–Crippen MR) is 101 cm³/mol. The lowest BCUT2D eigenvalue weighted by atomic mass is 10.0. The summed E-state index contributed by atoms with van der Waals surface area (Å²) < 4.78 is 1.91. The second kappa shape index (κ2) is 5.46. The normalized spacial score (nSPS) is 22.2. The molecule has 2 fully saturated rings. The van der Waals surface area contributed by atoms with E-state index in [-0.39, 0.29) is 0 Å². The topological polar surface area (TPSA) is 100 Å². The summed E-state index contributed by atoms with van der Waals surface area (Å²) in [5.41, 5.74) is 4.92. The van der Waals surface area contributed by atoms with Crippen LogP contribution in [0.1, 0.15) is 0 Å². The van der Waals surface area contributed by atoms with E-state index in [0.717, 1.165) is 65.7 Å². The summed E-state index contributed by atoms with van der Waals surface area (Å²) >= 11 is 0. The molecule has 4 aromatic rings. The Balaban J connectivity index is 1.48. The van der Waals surface area contributed by atoms with Gasteiger partial charge in [0.25, 0.3) is 0 Å². The molecule has 9 nitrogen and oxygen atoms in total. The molecule has 2 unspecified atom stereocenters. The van der Waals surface area contributed by atoms with Gasteiger partial charge in [0.1, 0.15) is 16.7 Å². The molecule has 2 aliphatic heterocycles. The van der Waals surface area contributed by atoms with Gasteiger partial charge in [0.15, 0.2) is 11.3 Å². The van der Waals surface area contributed by atoms with E-state index in [4.69, 9.17) is 9.97 Å². The van der Waals surface area contributed by atoms with Crippen molar-refractivity contribution in [2.24, 2.45) is 18.9 Å². The van der Waals surface area contributed by atoms with E-state index in [1.807, 2.05) is 23.9 Å². The Bertz CT molecular complexity index is 1150. The number of hydrogen-bond donors (Lipinski definition) is 2. The van der Waals surface area contributed by atoms with E-state index in [9.17, 15) is 0 Å². The molecule has 136 valence electrons. The van der Waals surface area contributed by atoms with E-state index >= 15 is 0 Å². The molecule has 0 radical (unpaired) electrons. The highest BCUT2D eigenvalue weighted by molar-refractivity contribution is 5.90. The molecule has 0 aliphatic carbocycles. The number of aromatic nitrogens is 7. The molecule has 9 heteroatoms. The first-order chi connectivity index (χ1) is 13.3. The second-order valence-corrected chi connectivity index (χ2v) is 7.48. The van der Waals surface area contributed by atoms with Gasteiger partial charge in [0, 0.05) is 45.0 Å². The lowest BCUT2D eigenvalue weighted by Gasteiger charge is -2.18. The Kier molecular flexibility index (Phi) is 3.04. The lowest BCUT2D eigenvalue weighted by Crippen LogP contribution is -2.27. The first-order valence-corrected chi connectivity index (χ1v) is 9.20. The maximum atomic E-state index is 4.90. The number of hydrogen-bond acceptors (Lipinski definition) is 7. The van der Waals surface area contributed by atoms with Crippen molar-refractivity contribution in [2.75, 3.05) is 31.1 Å². The smallest absolute Gasteiger partial charge is 0.228 e. The Morgan fingerprint density at radius 3 is 2.78 bits per heavy atom. The standard InChI is InChI=1S/C18H19N9/c1-26-9-23-13-2-10(5-20-17(13)26)14-15-16(22-8-21-15)25-18(24-14)27-6-11-3-19-4-12(11)7-27/h2,5,8-9,11-12,19H,3-4,6-7H2,1H3,(H,21,22,24,25). The van der Waals surface area contributed by atoms with E-state index in [2.05, 4.69) is 30.2 Å². The molecule has 2 saturated heterocycles. The first-order valence-electron chi connectivity index (χ1n) is 9.20. The summed E-state index contributed by atoms with van der Waals surface area (Å²) in [5, 5.41) is 3.48. The van der Waals surface area contributed by atoms with Gasteiger partial charge in [-0.05, 0) is 17.9 Å². The maximum absolute atomic E-state index is 4.90. The van der Waals surface area contributed by atoms with Crippen molar-refractivity contribution in [3.05, 3.63) is 24.9 Å². The minimum Gasteiger partial charge on any atom is -0.340 e. The summed E-state index contributed by atoms with van der Waals surface area (Å²) in [7, 11) is 1.94. The summed E-state index contributed by atoms with van der Waals surface area (Å²) in [4.78, 5) is 28.5. The van der Waals surface area contributed by atoms with Gasteiger partial charge in [-0.2, -0.15) is 4.98 Å². The first kappa shape index (κ1) is 15.0. The third kappa shape index (κ3) is 2.24. The van der Waals surface area contributed by atoms with Crippen LogP contribution in [0, 0.1) is 11.8 Å². The molecule has 0 aromatic carbocycles. The molecule has 6 rings (SSSR count). The average Bonchev–Trinajstić information content (AvgIpc) is 3.44. The van der Waals surface area contributed by atoms with Gasteiger partial charge in [0.2, 0.25) is 5.95 Å². The van der Waals surface area contributed by atoms with Crippen LogP contribution in [0.3, 0.4) is 0 Å². The number of rotatable bonds is 2. The summed E-state index contributed by atoms with van der Waals surface area (Å²) in [6.45, 7) is 4.16. The van der Waals surface area contributed by atoms with Crippen LogP contribution in [0.25, 0.3) is 33.6 Å². The van der Waals surface area contributed by atoms with Crippen molar-refractivity contribution in [3.63, 3.8) is 0 Å². The molecule has 4 aromatic heterocycles. The van der Waals surface area contributed by atoms with Crippen molar-refractivity contribution in [3.8, 4) is 11.3 Å². The molecule has 0 amide bonds. The highest BCUT2D eigenvalue weighted by Crippen LogP contribution is 2.32. The number of nitrogens with zero attached hydrogens (tertiary/aromatic N) is 7. The quantitative estimate of drug-likeness (QED) is 0.548. The Morgan fingerprint density at radius 2 is 1.93 bits per heavy atom. The highest BCUT2D eigenvalue weighted by atomic mass is 15.3. The number of imidazole rings is 2. The molecule has 27 heavy (non-hydrogen) atoms. The number of nitrogens with one attached hydrogen (secondary N) is 2. The molecule has 2 N–H and O–H groups in total. The van der Waals surface area contributed by atoms with Gasteiger partial charge >= 0.3 is 0 Å². The molecule has 6 heterocycles. The average molecular weight is 361 g/mol. The van der Waals surface area contributed by atoms with Crippen LogP contribution in [0.5, 0.6) is 0 Å². The predicted octanol–water partition coefficient (Wildman–Crippen LogP) is 0.957. The molecule has 0 saturated carbocycles. The van der Waals surface area contributed by atoms with E-state index in [1.54, 1.807) is 12.7 Å². The van der Waals surface area contributed by atoms with Crippen LogP contribution in [0.2, 0.25) is 0 Å². The van der Waals surface area contributed by atoms with Crippen molar-refractivity contribution in [1.82, 2.24) is 39.8 Å². The van der Waals surface area contributed by atoms with Gasteiger partial charge in [-0.3, -0.25) is 0 Å². The zero-order valence-electron chi connectivity index (χ0n) is 14.9. The van der Waals surface area contributed by atoms with Gasteiger partial charge < -0.3 is 19.8 Å². The summed E-state index contributed by atoms with van der Waals surface area (Å²) in [5.74, 6) is 2.12. The van der Waals surface area contributed by atoms with Crippen LogP contribution < -0.4 is 10.2 Å². The maximum Gasteiger partial charge on any atom is 0.228 e. The number of aryl methyl sites for hydroxylation is 1.